The van der Waals surface area contributed by atoms with Crippen LogP contribution in [0.3, 0.4) is 0 Å². The van der Waals surface area contributed by atoms with Gasteiger partial charge in [0.05, 0.1) is 12.5 Å². The Hall–Kier alpha value is -3.76. The average molecular weight is 550 g/mol. The lowest BCUT2D eigenvalue weighted by molar-refractivity contribution is -0.274. The molecule has 1 fully saturated rings. The SMILES string of the molecule is CCCC1CCC(C(NC(=O)Nc2ccc(OC(F)(F)F)cc2)c2ccc(C(=O)NCCC(=O)O)cc2)CC1. The summed E-state index contributed by atoms with van der Waals surface area (Å²) in [6.45, 7) is 2.19. The minimum atomic E-state index is -4.80. The van der Waals surface area contributed by atoms with Gasteiger partial charge in [-0.05, 0) is 66.6 Å². The van der Waals surface area contributed by atoms with Crippen molar-refractivity contribution in [2.24, 2.45) is 11.8 Å². The Labute approximate surface area is 225 Å². The number of carboxylic acids is 1. The van der Waals surface area contributed by atoms with E-state index in [4.69, 9.17) is 5.11 Å². The van der Waals surface area contributed by atoms with E-state index in [-0.39, 0.29) is 36.6 Å². The van der Waals surface area contributed by atoms with Gasteiger partial charge >= 0.3 is 18.4 Å². The summed E-state index contributed by atoms with van der Waals surface area (Å²) in [5.41, 5.74) is 1.50. The molecule has 2 aromatic carbocycles. The molecule has 0 saturated heterocycles. The third-order valence-electron chi connectivity index (χ3n) is 6.85. The number of rotatable bonds is 11. The van der Waals surface area contributed by atoms with Crippen molar-refractivity contribution in [2.45, 2.75) is 64.3 Å². The van der Waals surface area contributed by atoms with E-state index in [2.05, 4.69) is 27.6 Å². The minimum Gasteiger partial charge on any atom is -0.481 e. The number of hydrogen-bond donors (Lipinski definition) is 4. The highest BCUT2D eigenvalue weighted by Gasteiger charge is 2.31. The molecule has 1 unspecified atom stereocenters. The number of hydrogen-bond acceptors (Lipinski definition) is 4. The second-order valence-electron chi connectivity index (χ2n) is 9.74. The normalized spacial score (nSPS) is 18.1. The van der Waals surface area contributed by atoms with Crippen molar-refractivity contribution in [1.82, 2.24) is 10.6 Å². The number of urea groups is 1. The molecule has 0 heterocycles. The van der Waals surface area contributed by atoms with Crippen LogP contribution in [0.4, 0.5) is 23.7 Å². The van der Waals surface area contributed by atoms with Gasteiger partial charge in [0.25, 0.3) is 5.91 Å². The van der Waals surface area contributed by atoms with Crippen LogP contribution in [0.25, 0.3) is 0 Å². The number of aliphatic carboxylic acids is 1. The van der Waals surface area contributed by atoms with E-state index < -0.39 is 18.4 Å². The molecule has 0 radical (unpaired) electrons. The second kappa shape index (κ2) is 13.9. The van der Waals surface area contributed by atoms with Gasteiger partial charge in [-0.2, -0.15) is 0 Å². The summed E-state index contributed by atoms with van der Waals surface area (Å²) in [4.78, 5) is 35.9. The fourth-order valence-corrected chi connectivity index (χ4v) is 4.97. The lowest BCUT2D eigenvalue weighted by Crippen LogP contribution is -2.37. The van der Waals surface area contributed by atoms with Gasteiger partial charge in [-0.25, -0.2) is 4.79 Å². The van der Waals surface area contributed by atoms with Crippen molar-refractivity contribution in [3.8, 4) is 5.75 Å². The highest BCUT2D eigenvalue weighted by Crippen LogP contribution is 2.38. The Morgan fingerprint density at radius 3 is 2.21 bits per heavy atom. The Kier molecular flexibility index (Phi) is 10.6. The van der Waals surface area contributed by atoms with Crippen LogP contribution in [-0.4, -0.2) is 35.9 Å². The average Bonchev–Trinajstić information content (AvgIpc) is 2.88. The zero-order valence-corrected chi connectivity index (χ0v) is 21.7. The van der Waals surface area contributed by atoms with Crippen LogP contribution >= 0.6 is 0 Å². The standard InChI is InChI=1S/C28H34F3N3O5/c1-2-3-18-4-6-19(7-5-18)25(20-8-10-21(11-9-20)26(37)32-17-16-24(35)36)34-27(38)33-22-12-14-23(15-13-22)39-28(29,30)31/h8-15,18-19,25H,2-7,16-17H2,1H3,(H,32,37)(H,35,36)(H2,33,34,38). The van der Waals surface area contributed by atoms with Gasteiger partial charge in [-0.1, -0.05) is 44.7 Å². The zero-order chi connectivity index (χ0) is 28.4. The summed E-state index contributed by atoms with van der Waals surface area (Å²) in [7, 11) is 0. The van der Waals surface area contributed by atoms with Crippen molar-refractivity contribution in [2.75, 3.05) is 11.9 Å². The lowest BCUT2D eigenvalue weighted by atomic mass is 9.75. The van der Waals surface area contributed by atoms with Crippen LogP contribution in [0.1, 0.15) is 73.8 Å². The van der Waals surface area contributed by atoms with Gasteiger partial charge in [0.2, 0.25) is 0 Å². The summed E-state index contributed by atoms with van der Waals surface area (Å²) in [6, 6.07) is 10.9. The highest BCUT2D eigenvalue weighted by molar-refractivity contribution is 5.94. The molecule has 39 heavy (non-hydrogen) atoms. The third-order valence-corrected chi connectivity index (χ3v) is 6.85. The van der Waals surface area contributed by atoms with Gasteiger partial charge < -0.3 is 25.8 Å². The summed E-state index contributed by atoms with van der Waals surface area (Å²) in [6.07, 6.45) is 1.29. The number of carbonyl (C=O) groups is 3. The molecule has 8 nitrogen and oxygen atoms in total. The minimum absolute atomic E-state index is 0.0184. The second-order valence-corrected chi connectivity index (χ2v) is 9.74. The van der Waals surface area contributed by atoms with Crippen molar-refractivity contribution in [3.05, 3.63) is 59.7 Å². The molecule has 2 aromatic rings. The topological polar surface area (TPSA) is 117 Å². The van der Waals surface area contributed by atoms with Gasteiger partial charge in [-0.15, -0.1) is 13.2 Å². The maximum Gasteiger partial charge on any atom is 0.573 e. The molecule has 11 heteroatoms. The number of alkyl halides is 3. The van der Waals surface area contributed by atoms with Crippen LogP contribution in [0, 0.1) is 11.8 Å². The number of anilines is 1. The zero-order valence-electron chi connectivity index (χ0n) is 21.7. The first kappa shape index (κ1) is 29.8. The fourth-order valence-electron chi connectivity index (χ4n) is 4.97. The van der Waals surface area contributed by atoms with Crippen LogP contribution in [0.5, 0.6) is 5.75 Å². The number of carbonyl (C=O) groups excluding carboxylic acids is 2. The van der Waals surface area contributed by atoms with E-state index in [9.17, 15) is 27.6 Å². The van der Waals surface area contributed by atoms with E-state index >= 15 is 0 Å². The molecular weight excluding hydrogens is 515 g/mol. The molecule has 0 bridgehead atoms. The molecular formula is C28H34F3N3O5. The monoisotopic (exact) mass is 549 g/mol. The molecule has 3 amide bonds. The number of nitrogens with one attached hydrogen (secondary N) is 3. The van der Waals surface area contributed by atoms with E-state index in [0.717, 1.165) is 49.8 Å². The van der Waals surface area contributed by atoms with Gasteiger partial charge in [-0.3, -0.25) is 9.59 Å². The summed E-state index contributed by atoms with van der Waals surface area (Å²) in [5, 5.41) is 17.0. The van der Waals surface area contributed by atoms with Crippen LogP contribution in [0.2, 0.25) is 0 Å². The number of halogens is 3. The maximum atomic E-state index is 12.9. The van der Waals surface area contributed by atoms with Gasteiger partial charge in [0, 0.05) is 17.8 Å². The lowest BCUT2D eigenvalue weighted by Gasteiger charge is -2.34. The number of ether oxygens (including phenoxy) is 1. The van der Waals surface area contributed by atoms with Gasteiger partial charge in [0.1, 0.15) is 5.75 Å². The number of benzene rings is 2. The summed E-state index contributed by atoms with van der Waals surface area (Å²) >= 11 is 0. The van der Waals surface area contributed by atoms with Crippen molar-refractivity contribution >= 4 is 23.6 Å². The number of carboxylic acid groups (broad SMARTS) is 1. The molecule has 1 aliphatic carbocycles. The number of amides is 3. The predicted octanol–water partition coefficient (Wildman–Crippen LogP) is 6.26. The molecule has 0 aliphatic heterocycles. The van der Waals surface area contributed by atoms with E-state index in [1.165, 1.54) is 18.6 Å². The molecule has 1 atom stereocenters. The Balaban J connectivity index is 1.69. The first-order chi connectivity index (χ1) is 18.5. The summed E-state index contributed by atoms with van der Waals surface area (Å²) in [5.74, 6) is -0.945. The van der Waals surface area contributed by atoms with Crippen molar-refractivity contribution in [1.29, 1.82) is 0 Å². The van der Waals surface area contributed by atoms with E-state index in [1.807, 2.05) is 0 Å². The molecule has 212 valence electrons. The fraction of sp³-hybridized carbons (Fsp3) is 0.464. The quantitative estimate of drug-likeness (QED) is 0.264. The van der Waals surface area contributed by atoms with Crippen LogP contribution in [0.15, 0.2) is 48.5 Å². The largest absolute Gasteiger partial charge is 0.573 e. The van der Waals surface area contributed by atoms with Crippen molar-refractivity contribution in [3.63, 3.8) is 0 Å². The van der Waals surface area contributed by atoms with Crippen molar-refractivity contribution < 1.29 is 37.4 Å². The van der Waals surface area contributed by atoms with E-state index in [0.29, 0.717) is 17.2 Å². The van der Waals surface area contributed by atoms with Crippen LogP contribution < -0.4 is 20.7 Å². The Bertz CT molecular complexity index is 1100. The first-order valence-electron chi connectivity index (χ1n) is 13.1. The Morgan fingerprint density at radius 2 is 1.64 bits per heavy atom. The molecule has 0 aromatic heterocycles. The molecule has 0 spiro atoms. The van der Waals surface area contributed by atoms with Crippen LogP contribution in [-0.2, 0) is 4.79 Å². The third kappa shape index (κ3) is 9.81. The predicted molar refractivity (Wildman–Crippen MR) is 139 cm³/mol. The smallest absolute Gasteiger partial charge is 0.481 e. The van der Waals surface area contributed by atoms with E-state index in [1.54, 1.807) is 24.3 Å². The maximum absolute atomic E-state index is 12.9. The first-order valence-corrected chi connectivity index (χ1v) is 13.1. The summed E-state index contributed by atoms with van der Waals surface area (Å²) < 4.78 is 41.1. The molecule has 1 aliphatic rings. The highest BCUT2D eigenvalue weighted by atomic mass is 19.4. The molecule has 3 rings (SSSR count). The molecule has 1 saturated carbocycles. The van der Waals surface area contributed by atoms with Gasteiger partial charge in [0.15, 0.2) is 0 Å². The Morgan fingerprint density at radius 1 is 1.00 bits per heavy atom. The molecule has 4 N–H and O–H groups in total.